The molecule has 6 nitrogen and oxygen atoms in total. The van der Waals surface area contributed by atoms with Gasteiger partial charge in [-0.1, -0.05) is 0 Å². The van der Waals surface area contributed by atoms with E-state index >= 15 is 0 Å². The predicted molar refractivity (Wildman–Crippen MR) is 70.7 cm³/mol. The summed E-state index contributed by atoms with van der Waals surface area (Å²) in [5, 5.41) is 9.78. The second-order valence-corrected chi connectivity index (χ2v) is 5.51. The maximum Gasteiger partial charge on any atom is 0.257 e. The number of carbonyl (C=O) groups excluding carboxylic acids is 1. The van der Waals surface area contributed by atoms with Crippen LogP contribution < -0.4 is 0 Å². The number of aromatic nitrogens is 2. The number of β-amino-alcohol motifs (C(OH)–C–C–N with tert-alkyl or cyclic N) is 1. The summed E-state index contributed by atoms with van der Waals surface area (Å²) in [7, 11) is 0. The third-order valence-corrected chi connectivity index (χ3v) is 3.08. The average Bonchev–Trinajstić information content (AvgIpc) is 2.38. The highest BCUT2D eigenvalue weighted by Gasteiger charge is 2.25. The van der Waals surface area contributed by atoms with E-state index in [9.17, 15) is 9.90 Å². The van der Waals surface area contributed by atoms with Crippen molar-refractivity contribution in [2.75, 3.05) is 32.7 Å². The molecular weight excluding hydrogens is 244 g/mol. The van der Waals surface area contributed by atoms with Gasteiger partial charge in [-0.25, -0.2) is 9.97 Å². The fourth-order valence-electron chi connectivity index (χ4n) is 2.25. The molecule has 0 spiro atoms. The summed E-state index contributed by atoms with van der Waals surface area (Å²) in [6.45, 7) is 7.13. The van der Waals surface area contributed by atoms with Gasteiger partial charge in [0.1, 0.15) is 6.33 Å². The number of nitrogens with zero attached hydrogens (tertiary/aromatic N) is 4. The topological polar surface area (TPSA) is 69.6 Å². The molecule has 104 valence electrons. The van der Waals surface area contributed by atoms with Crippen molar-refractivity contribution >= 4 is 5.91 Å². The molecule has 2 heterocycles. The summed E-state index contributed by atoms with van der Waals surface area (Å²) in [5.41, 5.74) is -0.169. The SMILES string of the molecule is CC(C)(O)CN1CCN(C(=O)c2cncnc2)CC1. The maximum absolute atomic E-state index is 12.2. The first-order chi connectivity index (χ1) is 8.96. The molecule has 0 aliphatic carbocycles. The van der Waals surface area contributed by atoms with Gasteiger partial charge >= 0.3 is 0 Å². The van der Waals surface area contributed by atoms with Gasteiger partial charge < -0.3 is 10.0 Å². The molecule has 0 radical (unpaired) electrons. The summed E-state index contributed by atoms with van der Waals surface area (Å²) >= 11 is 0. The van der Waals surface area contributed by atoms with Gasteiger partial charge in [0, 0.05) is 45.1 Å². The number of aliphatic hydroxyl groups is 1. The zero-order valence-electron chi connectivity index (χ0n) is 11.4. The van der Waals surface area contributed by atoms with E-state index < -0.39 is 5.60 Å². The van der Waals surface area contributed by atoms with Gasteiger partial charge in [-0.15, -0.1) is 0 Å². The van der Waals surface area contributed by atoms with Crippen LogP contribution in [-0.2, 0) is 0 Å². The van der Waals surface area contributed by atoms with Crippen LogP contribution in [0.25, 0.3) is 0 Å². The molecule has 0 bridgehead atoms. The second-order valence-electron chi connectivity index (χ2n) is 5.51. The minimum atomic E-state index is -0.695. The Morgan fingerprint density at radius 1 is 1.26 bits per heavy atom. The quantitative estimate of drug-likeness (QED) is 0.832. The van der Waals surface area contributed by atoms with E-state index in [0.29, 0.717) is 25.2 Å². The van der Waals surface area contributed by atoms with Crippen LogP contribution >= 0.6 is 0 Å². The second kappa shape index (κ2) is 5.63. The third-order valence-electron chi connectivity index (χ3n) is 3.08. The minimum Gasteiger partial charge on any atom is -0.389 e. The van der Waals surface area contributed by atoms with Crippen LogP contribution in [0.1, 0.15) is 24.2 Å². The zero-order chi connectivity index (χ0) is 13.9. The van der Waals surface area contributed by atoms with E-state index in [-0.39, 0.29) is 5.91 Å². The molecule has 1 aliphatic heterocycles. The molecule has 1 aliphatic rings. The fraction of sp³-hybridized carbons (Fsp3) is 0.615. The van der Waals surface area contributed by atoms with Gasteiger partial charge in [-0.3, -0.25) is 9.69 Å². The van der Waals surface area contributed by atoms with Crippen molar-refractivity contribution in [2.45, 2.75) is 19.4 Å². The van der Waals surface area contributed by atoms with Crippen LogP contribution in [0.4, 0.5) is 0 Å². The third kappa shape index (κ3) is 3.97. The lowest BCUT2D eigenvalue weighted by atomic mass is 10.1. The smallest absolute Gasteiger partial charge is 0.257 e. The lowest BCUT2D eigenvalue weighted by molar-refractivity contribution is 0.0178. The summed E-state index contributed by atoms with van der Waals surface area (Å²) in [4.78, 5) is 23.9. The van der Waals surface area contributed by atoms with E-state index in [1.165, 1.54) is 6.33 Å². The number of amides is 1. The van der Waals surface area contributed by atoms with Gasteiger partial charge in [-0.05, 0) is 13.8 Å². The molecule has 6 heteroatoms. The molecule has 0 atom stereocenters. The van der Waals surface area contributed by atoms with Crippen LogP contribution in [0.5, 0.6) is 0 Å². The van der Waals surface area contributed by atoms with E-state index in [1.54, 1.807) is 31.1 Å². The molecule has 2 rings (SSSR count). The average molecular weight is 264 g/mol. The first kappa shape index (κ1) is 13.9. The Hall–Kier alpha value is -1.53. The molecule has 19 heavy (non-hydrogen) atoms. The van der Waals surface area contributed by atoms with Gasteiger partial charge in [0.25, 0.3) is 5.91 Å². The van der Waals surface area contributed by atoms with E-state index in [4.69, 9.17) is 0 Å². The van der Waals surface area contributed by atoms with Crippen molar-refractivity contribution in [3.8, 4) is 0 Å². The highest BCUT2D eigenvalue weighted by atomic mass is 16.3. The number of carbonyl (C=O) groups is 1. The van der Waals surface area contributed by atoms with Gasteiger partial charge in [0.2, 0.25) is 0 Å². The predicted octanol–water partition coefficient (Wildman–Crippen LogP) is 0.00530. The van der Waals surface area contributed by atoms with Crippen molar-refractivity contribution in [2.24, 2.45) is 0 Å². The van der Waals surface area contributed by atoms with E-state index in [2.05, 4.69) is 14.9 Å². The number of piperazine rings is 1. The summed E-state index contributed by atoms with van der Waals surface area (Å²) in [5.74, 6) is -0.0245. The Bertz CT molecular complexity index is 422. The summed E-state index contributed by atoms with van der Waals surface area (Å²) in [6, 6.07) is 0. The van der Waals surface area contributed by atoms with Crippen molar-refractivity contribution < 1.29 is 9.90 Å². The van der Waals surface area contributed by atoms with Crippen LogP contribution in [0, 0.1) is 0 Å². The molecule has 0 unspecified atom stereocenters. The van der Waals surface area contributed by atoms with Gasteiger partial charge in [0.05, 0.1) is 11.2 Å². The molecule has 0 aromatic carbocycles. The standard InChI is InChI=1S/C13H20N4O2/c1-13(2,19)9-16-3-5-17(6-4-16)12(18)11-7-14-10-15-8-11/h7-8,10,19H,3-6,9H2,1-2H3. The van der Waals surface area contributed by atoms with Crippen LogP contribution in [0.3, 0.4) is 0 Å². The Morgan fingerprint density at radius 3 is 2.37 bits per heavy atom. The Kier molecular flexibility index (Phi) is 4.11. The van der Waals surface area contributed by atoms with Crippen molar-refractivity contribution in [1.29, 1.82) is 0 Å². The Balaban J connectivity index is 1.88. The van der Waals surface area contributed by atoms with E-state index in [1.807, 2.05) is 0 Å². The molecule has 0 saturated carbocycles. The lowest BCUT2D eigenvalue weighted by Crippen LogP contribution is -2.52. The molecule has 1 aromatic rings. The highest BCUT2D eigenvalue weighted by Crippen LogP contribution is 2.10. The van der Waals surface area contributed by atoms with Crippen molar-refractivity contribution in [3.05, 3.63) is 24.3 Å². The lowest BCUT2D eigenvalue weighted by Gasteiger charge is -2.37. The Labute approximate surface area is 113 Å². The molecule has 1 fully saturated rings. The fourth-order valence-corrected chi connectivity index (χ4v) is 2.25. The number of rotatable bonds is 3. The van der Waals surface area contributed by atoms with Crippen LogP contribution in [0.2, 0.25) is 0 Å². The molecule has 1 amide bonds. The molecule has 1 saturated heterocycles. The summed E-state index contributed by atoms with van der Waals surface area (Å²) in [6.07, 6.45) is 4.50. The first-order valence-electron chi connectivity index (χ1n) is 6.45. The van der Waals surface area contributed by atoms with Gasteiger partial charge in [-0.2, -0.15) is 0 Å². The molecular formula is C13H20N4O2. The van der Waals surface area contributed by atoms with Crippen LogP contribution in [-0.4, -0.2) is 69.1 Å². The first-order valence-corrected chi connectivity index (χ1v) is 6.45. The monoisotopic (exact) mass is 264 g/mol. The molecule has 1 aromatic heterocycles. The van der Waals surface area contributed by atoms with E-state index in [0.717, 1.165) is 13.1 Å². The summed E-state index contributed by atoms with van der Waals surface area (Å²) < 4.78 is 0. The number of hydrogen-bond donors (Lipinski definition) is 1. The van der Waals surface area contributed by atoms with Crippen molar-refractivity contribution in [3.63, 3.8) is 0 Å². The normalized spacial score (nSPS) is 17.5. The van der Waals surface area contributed by atoms with Crippen molar-refractivity contribution in [1.82, 2.24) is 19.8 Å². The van der Waals surface area contributed by atoms with Crippen LogP contribution in [0.15, 0.2) is 18.7 Å². The maximum atomic E-state index is 12.2. The largest absolute Gasteiger partial charge is 0.389 e. The Morgan fingerprint density at radius 2 is 1.84 bits per heavy atom. The zero-order valence-corrected chi connectivity index (χ0v) is 11.4. The molecule has 1 N–H and O–H groups in total. The van der Waals surface area contributed by atoms with Gasteiger partial charge in [0.15, 0.2) is 0 Å². The number of hydrogen-bond acceptors (Lipinski definition) is 5. The minimum absolute atomic E-state index is 0.0245. The highest BCUT2D eigenvalue weighted by molar-refractivity contribution is 5.93.